The van der Waals surface area contributed by atoms with Crippen molar-refractivity contribution in [2.24, 2.45) is 0 Å². The zero-order valence-electron chi connectivity index (χ0n) is 15.4. The van der Waals surface area contributed by atoms with E-state index in [-0.39, 0.29) is 17.0 Å². The SMILES string of the molecule is Cc1c(Cl)cccc1NC1=C(c2ccccc2)C(=O)N(c2ccccc2F)C1=O. The molecule has 0 aromatic heterocycles. The van der Waals surface area contributed by atoms with Gasteiger partial charge in [0.05, 0.1) is 11.3 Å². The molecule has 4 nitrogen and oxygen atoms in total. The molecule has 1 aliphatic heterocycles. The minimum Gasteiger partial charge on any atom is -0.350 e. The van der Waals surface area contributed by atoms with Crippen LogP contribution in [0.25, 0.3) is 5.57 Å². The number of nitrogens with one attached hydrogen (secondary N) is 1. The smallest absolute Gasteiger partial charge is 0.282 e. The number of amides is 2. The summed E-state index contributed by atoms with van der Waals surface area (Å²) in [5, 5.41) is 3.59. The van der Waals surface area contributed by atoms with E-state index in [0.717, 1.165) is 10.5 Å². The van der Waals surface area contributed by atoms with Crippen LogP contribution in [0.15, 0.2) is 78.5 Å². The molecule has 2 amide bonds. The molecule has 0 atom stereocenters. The third-order valence-electron chi connectivity index (χ3n) is 4.77. The van der Waals surface area contributed by atoms with Crippen LogP contribution in [0.4, 0.5) is 15.8 Å². The van der Waals surface area contributed by atoms with Gasteiger partial charge in [0.15, 0.2) is 0 Å². The molecule has 6 heteroatoms. The highest BCUT2D eigenvalue weighted by Crippen LogP contribution is 2.35. The second-order valence-corrected chi connectivity index (χ2v) is 6.96. The topological polar surface area (TPSA) is 49.4 Å². The Labute approximate surface area is 172 Å². The van der Waals surface area contributed by atoms with Crippen molar-refractivity contribution in [2.75, 3.05) is 10.2 Å². The van der Waals surface area contributed by atoms with Gasteiger partial charge < -0.3 is 5.32 Å². The molecular formula is C23H16ClFN2O2. The average Bonchev–Trinajstić information content (AvgIpc) is 2.96. The van der Waals surface area contributed by atoms with Crippen LogP contribution in [0.5, 0.6) is 0 Å². The number of rotatable bonds is 4. The molecule has 3 aromatic carbocycles. The van der Waals surface area contributed by atoms with Crippen molar-refractivity contribution in [3.63, 3.8) is 0 Å². The third kappa shape index (κ3) is 3.30. The number of hydrogen-bond acceptors (Lipinski definition) is 3. The highest BCUT2D eigenvalue weighted by atomic mass is 35.5. The molecule has 0 saturated heterocycles. The van der Waals surface area contributed by atoms with Crippen molar-refractivity contribution in [3.8, 4) is 0 Å². The number of imide groups is 1. The Hall–Kier alpha value is -3.44. The lowest BCUT2D eigenvalue weighted by Gasteiger charge is -2.16. The maximum atomic E-state index is 14.4. The average molecular weight is 407 g/mol. The summed E-state index contributed by atoms with van der Waals surface area (Å²) >= 11 is 6.20. The molecule has 0 radical (unpaired) electrons. The van der Waals surface area contributed by atoms with Gasteiger partial charge in [0.1, 0.15) is 11.5 Å². The molecular weight excluding hydrogens is 391 g/mol. The maximum absolute atomic E-state index is 14.4. The van der Waals surface area contributed by atoms with Crippen molar-refractivity contribution in [2.45, 2.75) is 6.92 Å². The first-order valence-corrected chi connectivity index (χ1v) is 9.32. The Morgan fingerprint density at radius 3 is 2.28 bits per heavy atom. The van der Waals surface area contributed by atoms with Crippen LogP contribution < -0.4 is 10.2 Å². The van der Waals surface area contributed by atoms with Crippen molar-refractivity contribution in [3.05, 3.63) is 100 Å². The number of hydrogen-bond donors (Lipinski definition) is 1. The molecule has 0 fully saturated rings. The fraction of sp³-hybridized carbons (Fsp3) is 0.0435. The molecule has 0 aliphatic carbocycles. The highest BCUT2D eigenvalue weighted by molar-refractivity contribution is 6.46. The molecule has 0 spiro atoms. The Kier molecular flexibility index (Phi) is 4.91. The van der Waals surface area contributed by atoms with E-state index < -0.39 is 17.6 Å². The number of nitrogens with zero attached hydrogens (tertiary/aromatic N) is 1. The largest absolute Gasteiger partial charge is 0.350 e. The highest BCUT2D eigenvalue weighted by Gasteiger charge is 2.41. The van der Waals surface area contributed by atoms with Gasteiger partial charge in [-0.15, -0.1) is 0 Å². The number of para-hydroxylation sites is 1. The van der Waals surface area contributed by atoms with E-state index in [1.807, 2.05) is 13.0 Å². The monoisotopic (exact) mass is 406 g/mol. The fourth-order valence-electron chi connectivity index (χ4n) is 3.25. The fourth-order valence-corrected chi connectivity index (χ4v) is 3.42. The van der Waals surface area contributed by atoms with Gasteiger partial charge in [-0.25, -0.2) is 9.29 Å². The summed E-state index contributed by atoms with van der Waals surface area (Å²) in [6.07, 6.45) is 0. The van der Waals surface area contributed by atoms with Crippen molar-refractivity contribution < 1.29 is 14.0 Å². The Bertz CT molecular complexity index is 1160. The zero-order chi connectivity index (χ0) is 20.5. The van der Waals surface area contributed by atoms with Gasteiger partial charge in [-0.2, -0.15) is 0 Å². The Balaban J connectivity index is 1.86. The molecule has 3 aromatic rings. The predicted octanol–water partition coefficient (Wildman–Crippen LogP) is 5.18. The summed E-state index contributed by atoms with van der Waals surface area (Å²) in [6, 6.07) is 19.8. The molecule has 0 unspecified atom stereocenters. The summed E-state index contributed by atoms with van der Waals surface area (Å²) in [4.78, 5) is 27.3. The zero-order valence-corrected chi connectivity index (χ0v) is 16.2. The first-order chi connectivity index (χ1) is 14.0. The molecule has 1 N–H and O–H groups in total. The first-order valence-electron chi connectivity index (χ1n) is 8.94. The second kappa shape index (κ2) is 7.53. The lowest BCUT2D eigenvalue weighted by molar-refractivity contribution is -0.120. The molecule has 1 aliphatic rings. The van der Waals surface area contributed by atoms with Gasteiger partial charge in [-0.3, -0.25) is 9.59 Å². The molecule has 0 saturated carbocycles. The number of benzene rings is 3. The summed E-state index contributed by atoms with van der Waals surface area (Å²) < 4.78 is 14.4. The molecule has 144 valence electrons. The van der Waals surface area contributed by atoms with Gasteiger partial charge in [-0.05, 0) is 42.3 Å². The lowest BCUT2D eigenvalue weighted by atomic mass is 10.0. The summed E-state index contributed by atoms with van der Waals surface area (Å²) in [6.45, 7) is 1.81. The quantitative estimate of drug-likeness (QED) is 0.607. The van der Waals surface area contributed by atoms with E-state index in [1.165, 1.54) is 18.2 Å². The van der Waals surface area contributed by atoms with Gasteiger partial charge in [-0.1, -0.05) is 60.1 Å². The van der Waals surface area contributed by atoms with Crippen LogP contribution in [0.2, 0.25) is 5.02 Å². The van der Waals surface area contributed by atoms with Crippen LogP contribution in [0, 0.1) is 12.7 Å². The van der Waals surface area contributed by atoms with Crippen LogP contribution >= 0.6 is 11.6 Å². The normalized spacial score (nSPS) is 14.0. The van der Waals surface area contributed by atoms with Crippen molar-refractivity contribution >= 4 is 40.4 Å². The molecule has 1 heterocycles. The van der Waals surface area contributed by atoms with Gasteiger partial charge in [0.25, 0.3) is 11.8 Å². The number of halogens is 2. The first kappa shape index (κ1) is 18.9. The number of carbonyl (C=O) groups is 2. The maximum Gasteiger partial charge on any atom is 0.282 e. The van der Waals surface area contributed by atoms with E-state index in [9.17, 15) is 14.0 Å². The molecule has 29 heavy (non-hydrogen) atoms. The number of carbonyl (C=O) groups excluding carboxylic acids is 2. The van der Waals surface area contributed by atoms with Crippen molar-refractivity contribution in [1.82, 2.24) is 0 Å². The molecule has 4 rings (SSSR count). The summed E-state index contributed by atoms with van der Waals surface area (Å²) in [7, 11) is 0. The standard InChI is InChI=1S/C23H16ClFN2O2/c1-14-16(24)10-7-12-18(14)26-21-20(15-8-3-2-4-9-15)22(28)27(23(21)29)19-13-6-5-11-17(19)25/h2-13,26H,1H3. The second-order valence-electron chi connectivity index (χ2n) is 6.55. The predicted molar refractivity (Wildman–Crippen MR) is 112 cm³/mol. The van der Waals surface area contributed by atoms with Crippen molar-refractivity contribution in [1.29, 1.82) is 0 Å². The van der Waals surface area contributed by atoms with Crippen LogP contribution in [0.3, 0.4) is 0 Å². The van der Waals surface area contributed by atoms with Gasteiger partial charge in [0, 0.05) is 10.7 Å². The minimum atomic E-state index is -0.651. The summed E-state index contributed by atoms with van der Waals surface area (Å²) in [5.74, 6) is -1.87. The van der Waals surface area contributed by atoms with Crippen LogP contribution in [-0.2, 0) is 9.59 Å². The Morgan fingerprint density at radius 1 is 0.862 bits per heavy atom. The van der Waals surface area contributed by atoms with E-state index >= 15 is 0 Å². The van der Waals surface area contributed by atoms with E-state index in [4.69, 9.17) is 11.6 Å². The summed E-state index contributed by atoms with van der Waals surface area (Å²) in [5.41, 5.74) is 2.06. The molecule has 0 bridgehead atoms. The van der Waals surface area contributed by atoms with Crippen LogP contribution in [0.1, 0.15) is 11.1 Å². The minimum absolute atomic E-state index is 0.0785. The number of anilines is 2. The lowest BCUT2D eigenvalue weighted by Crippen LogP contribution is -2.33. The van der Waals surface area contributed by atoms with Gasteiger partial charge in [0.2, 0.25) is 0 Å². The Morgan fingerprint density at radius 2 is 1.55 bits per heavy atom. The van der Waals surface area contributed by atoms with E-state index in [2.05, 4.69) is 5.32 Å². The third-order valence-corrected chi connectivity index (χ3v) is 5.18. The van der Waals surface area contributed by atoms with Gasteiger partial charge >= 0.3 is 0 Å². The van der Waals surface area contributed by atoms with Crippen LogP contribution in [-0.4, -0.2) is 11.8 Å². The van der Waals surface area contributed by atoms with E-state index in [0.29, 0.717) is 16.3 Å². The van der Waals surface area contributed by atoms with E-state index in [1.54, 1.807) is 48.5 Å².